The lowest BCUT2D eigenvalue weighted by atomic mass is 10.1. The van der Waals surface area contributed by atoms with Gasteiger partial charge in [0.2, 0.25) is 0 Å². The Morgan fingerprint density at radius 2 is 1.88 bits per heavy atom. The van der Waals surface area contributed by atoms with Crippen molar-refractivity contribution in [2.75, 3.05) is 7.05 Å². The fraction of sp³-hybridized carbons (Fsp3) is 0.158. The molecule has 0 aliphatic carbocycles. The number of likely N-dealkylation sites (N-methyl/N-ethyl adjacent to an activating group) is 1. The van der Waals surface area contributed by atoms with Crippen molar-refractivity contribution in [2.24, 2.45) is 4.99 Å². The molecule has 2 aromatic carbocycles. The Morgan fingerprint density at radius 3 is 2.54 bits per heavy atom. The molecule has 2 aromatic rings. The van der Waals surface area contributed by atoms with Crippen LogP contribution in [0.2, 0.25) is 0 Å². The van der Waals surface area contributed by atoms with Crippen molar-refractivity contribution >= 4 is 40.3 Å². The molecule has 0 N–H and O–H groups in total. The van der Waals surface area contributed by atoms with Gasteiger partial charge in [-0.05, 0) is 53.6 Å². The Labute approximate surface area is 155 Å². The first-order valence-electron chi connectivity index (χ1n) is 8.08. The summed E-state index contributed by atoms with van der Waals surface area (Å²) in [6.07, 6.45) is 2.59. The predicted molar refractivity (Wildman–Crippen MR) is 104 cm³/mol. The zero-order valence-electron chi connectivity index (χ0n) is 14.4. The molecule has 1 heterocycles. The molecule has 0 aromatic heterocycles. The highest BCUT2D eigenvalue weighted by atomic mass is 32.2. The van der Waals surface area contributed by atoms with E-state index in [1.807, 2.05) is 24.3 Å². The normalized spacial score (nSPS) is 17.3. The summed E-state index contributed by atoms with van der Waals surface area (Å²) >= 11 is 1.30. The zero-order chi connectivity index (χ0) is 18.7. The van der Waals surface area contributed by atoms with E-state index in [4.69, 9.17) is 0 Å². The van der Waals surface area contributed by atoms with Crippen LogP contribution in [0.5, 0.6) is 0 Å². The number of hydrogen-bond donors (Lipinski definition) is 0. The van der Waals surface area contributed by atoms with Crippen LogP contribution in [-0.4, -0.2) is 27.9 Å². The number of carbonyl (C=O) groups excluding carboxylic acids is 1. The number of aliphatic imine (C=N–C) groups is 1. The smallest absolute Gasteiger partial charge is 0.269 e. The first-order valence-corrected chi connectivity index (χ1v) is 8.90. The van der Waals surface area contributed by atoms with Gasteiger partial charge in [0.15, 0.2) is 5.17 Å². The molecule has 0 bridgehead atoms. The van der Waals surface area contributed by atoms with E-state index in [0.29, 0.717) is 10.1 Å². The molecule has 0 radical (unpaired) electrons. The number of non-ortho nitro benzene ring substituents is 1. The van der Waals surface area contributed by atoms with Gasteiger partial charge in [0.05, 0.1) is 15.5 Å². The Bertz CT molecular complexity index is 920. The van der Waals surface area contributed by atoms with Crippen LogP contribution in [0, 0.1) is 10.1 Å². The molecule has 132 valence electrons. The molecule has 7 heteroatoms. The number of thioether (sulfide) groups is 1. The monoisotopic (exact) mass is 367 g/mol. The second-order valence-electron chi connectivity index (χ2n) is 5.70. The van der Waals surface area contributed by atoms with Gasteiger partial charge in [-0.3, -0.25) is 19.8 Å². The van der Waals surface area contributed by atoms with Crippen molar-refractivity contribution in [2.45, 2.75) is 13.3 Å². The Balaban J connectivity index is 1.88. The second kappa shape index (κ2) is 7.53. The van der Waals surface area contributed by atoms with Crippen molar-refractivity contribution in [1.82, 2.24) is 4.90 Å². The summed E-state index contributed by atoms with van der Waals surface area (Å²) in [5.74, 6) is -0.138. The number of rotatable bonds is 4. The van der Waals surface area contributed by atoms with E-state index in [9.17, 15) is 14.9 Å². The summed E-state index contributed by atoms with van der Waals surface area (Å²) < 4.78 is 0. The third kappa shape index (κ3) is 3.67. The van der Waals surface area contributed by atoms with Crippen LogP contribution in [0.3, 0.4) is 0 Å². The molecular weight excluding hydrogens is 350 g/mol. The van der Waals surface area contributed by atoms with Gasteiger partial charge in [0, 0.05) is 19.2 Å². The van der Waals surface area contributed by atoms with Gasteiger partial charge in [-0.25, -0.2) is 4.99 Å². The third-order valence-electron chi connectivity index (χ3n) is 3.99. The van der Waals surface area contributed by atoms with E-state index >= 15 is 0 Å². The highest BCUT2D eigenvalue weighted by Crippen LogP contribution is 2.34. The van der Waals surface area contributed by atoms with Gasteiger partial charge in [0.25, 0.3) is 11.6 Å². The largest absolute Gasteiger partial charge is 0.290 e. The van der Waals surface area contributed by atoms with Crippen LogP contribution in [0.1, 0.15) is 18.1 Å². The molecule has 0 unspecified atom stereocenters. The minimum atomic E-state index is -0.448. The van der Waals surface area contributed by atoms with Gasteiger partial charge in [-0.15, -0.1) is 0 Å². The predicted octanol–water partition coefficient (Wildman–Crippen LogP) is 4.39. The molecule has 0 saturated carbocycles. The standard InChI is InChI=1S/C19H17N3O3S/c1-3-14-6-4-5-7-16(14)20-19-21(2)18(23)17(26-19)12-13-8-10-15(11-9-13)22(24)25/h4-12H,3H2,1-2H3/b17-12-,20-19?. The fourth-order valence-corrected chi connectivity index (χ4v) is 3.50. The molecule has 1 amide bonds. The summed E-state index contributed by atoms with van der Waals surface area (Å²) in [4.78, 5) is 29.5. The molecule has 1 aliphatic rings. The number of amidine groups is 1. The molecule has 26 heavy (non-hydrogen) atoms. The summed E-state index contributed by atoms with van der Waals surface area (Å²) in [7, 11) is 1.69. The molecule has 1 aliphatic heterocycles. The number of nitro benzene ring substituents is 1. The number of carbonyl (C=O) groups is 1. The van der Waals surface area contributed by atoms with E-state index in [-0.39, 0.29) is 11.6 Å². The van der Waals surface area contributed by atoms with Gasteiger partial charge in [-0.2, -0.15) is 0 Å². The van der Waals surface area contributed by atoms with Crippen molar-refractivity contribution in [1.29, 1.82) is 0 Å². The maximum Gasteiger partial charge on any atom is 0.269 e. The van der Waals surface area contributed by atoms with Crippen LogP contribution in [0.4, 0.5) is 11.4 Å². The molecule has 0 spiro atoms. The van der Waals surface area contributed by atoms with Gasteiger partial charge >= 0.3 is 0 Å². The van der Waals surface area contributed by atoms with E-state index in [1.165, 1.54) is 28.8 Å². The second-order valence-corrected chi connectivity index (χ2v) is 6.71. The lowest BCUT2D eigenvalue weighted by Crippen LogP contribution is -2.23. The Kier molecular flexibility index (Phi) is 5.18. The molecule has 3 rings (SSSR count). The first-order chi connectivity index (χ1) is 12.5. The number of para-hydroxylation sites is 1. The number of amides is 1. The lowest BCUT2D eigenvalue weighted by molar-refractivity contribution is -0.384. The summed E-state index contributed by atoms with van der Waals surface area (Å²) in [6, 6.07) is 13.9. The van der Waals surface area contributed by atoms with Crippen molar-refractivity contribution in [3.8, 4) is 0 Å². The summed E-state index contributed by atoms with van der Waals surface area (Å²) in [5, 5.41) is 11.3. The van der Waals surface area contributed by atoms with E-state index in [2.05, 4.69) is 11.9 Å². The fourth-order valence-electron chi connectivity index (χ4n) is 2.52. The number of hydrogen-bond acceptors (Lipinski definition) is 5. The van der Waals surface area contributed by atoms with Crippen molar-refractivity contribution in [3.63, 3.8) is 0 Å². The minimum absolute atomic E-state index is 0.0214. The van der Waals surface area contributed by atoms with Gasteiger partial charge in [0.1, 0.15) is 0 Å². The van der Waals surface area contributed by atoms with E-state index in [0.717, 1.165) is 23.2 Å². The van der Waals surface area contributed by atoms with Gasteiger partial charge < -0.3 is 0 Å². The van der Waals surface area contributed by atoms with Crippen LogP contribution < -0.4 is 0 Å². The third-order valence-corrected chi connectivity index (χ3v) is 5.05. The molecule has 0 atom stereocenters. The molecular formula is C19H17N3O3S. The zero-order valence-corrected chi connectivity index (χ0v) is 15.2. The average Bonchev–Trinajstić information content (AvgIpc) is 2.90. The SMILES string of the molecule is CCc1ccccc1N=C1S/C(=C\c2ccc([N+](=O)[O-])cc2)C(=O)N1C. The number of benzene rings is 2. The number of nitro groups is 1. The molecule has 1 saturated heterocycles. The first kappa shape index (κ1) is 17.9. The van der Waals surface area contributed by atoms with Crippen LogP contribution >= 0.6 is 11.8 Å². The molecule has 6 nitrogen and oxygen atoms in total. The quantitative estimate of drug-likeness (QED) is 0.456. The van der Waals surface area contributed by atoms with Crippen molar-refractivity contribution < 1.29 is 9.72 Å². The Hall–Kier alpha value is -2.93. The maximum atomic E-state index is 12.5. The highest BCUT2D eigenvalue weighted by molar-refractivity contribution is 8.18. The number of nitrogens with zero attached hydrogens (tertiary/aromatic N) is 3. The van der Waals surface area contributed by atoms with Crippen molar-refractivity contribution in [3.05, 3.63) is 74.7 Å². The van der Waals surface area contributed by atoms with E-state index in [1.54, 1.807) is 25.3 Å². The minimum Gasteiger partial charge on any atom is -0.290 e. The molecule has 1 fully saturated rings. The summed E-state index contributed by atoms with van der Waals surface area (Å²) in [6.45, 7) is 2.07. The maximum absolute atomic E-state index is 12.5. The van der Waals surface area contributed by atoms with Gasteiger partial charge in [-0.1, -0.05) is 25.1 Å². The summed E-state index contributed by atoms with van der Waals surface area (Å²) in [5.41, 5.74) is 2.73. The van der Waals surface area contributed by atoms with E-state index < -0.39 is 4.92 Å². The highest BCUT2D eigenvalue weighted by Gasteiger charge is 2.30. The van der Waals surface area contributed by atoms with Crippen LogP contribution in [-0.2, 0) is 11.2 Å². The van der Waals surface area contributed by atoms with Crippen LogP contribution in [0.25, 0.3) is 6.08 Å². The Morgan fingerprint density at radius 1 is 1.19 bits per heavy atom. The topological polar surface area (TPSA) is 75.8 Å². The van der Waals surface area contributed by atoms with Crippen LogP contribution in [0.15, 0.2) is 58.4 Å². The number of aryl methyl sites for hydroxylation is 1. The lowest BCUT2D eigenvalue weighted by Gasteiger charge is -2.08. The average molecular weight is 367 g/mol.